The van der Waals surface area contributed by atoms with Gasteiger partial charge in [-0.3, -0.25) is 0 Å². The molecule has 1 aliphatic heterocycles. The minimum atomic E-state index is -0.142. The van der Waals surface area contributed by atoms with Crippen molar-refractivity contribution in [2.45, 2.75) is 45.1 Å². The largest absolute Gasteiger partial charge is 0.396 e. The second kappa shape index (κ2) is 5.03. The van der Waals surface area contributed by atoms with Crippen LogP contribution in [-0.2, 0) is 0 Å². The molecule has 0 aromatic heterocycles. The number of nitrogens with zero attached hydrogens (tertiary/aromatic N) is 1. The van der Waals surface area contributed by atoms with E-state index in [1.54, 1.807) is 0 Å². The van der Waals surface area contributed by atoms with Gasteiger partial charge in [0.15, 0.2) is 0 Å². The Balaban J connectivity index is 1.93. The van der Waals surface area contributed by atoms with Crippen LogP contribution in [-0.4, -0.2) is 47.5 Å². The Morgan fingerprint density at radius 3 is 2.75 bits per heavy atom. The maximum absolute atomic E-state index is 9.70. The smallest absolute Gasteiger partial charge is 0.0679 e. The Hall–Kier alpha value is -0.120. The topological polar surface area (TPSA) is 43.7 Å². The van der Waals surface area contributed by atoms with E-state index in [0.29, 0.717) is 6.61 Å². The molecule has 1 aliphatic carbocycles. The fourth-order valence-electron chi connectivity index (χ4n) is 3.54. The van der Waals surface area contributed by atoms with Gasteiger partial charge < -0.3 is 15.1 Å². The molecule has 1 saturated heterocycles. The molecule has 2 N–H and O–H groups in total. The van der Waals surface area contributed by atoms with Gasteiger partial charge in [-0.2, -0.15) is 0 Å². The Kier molecular flexibility index (Phi) is 3.88. The monoisotopic (exact) mass is 227 g/mol. The molecule has 0 aromatic carbocycles. The van der Waals surface area contributed by atoms with Gasteiger partial charge in [0, 0.05) is 31.7 Å². The van der Waals surface area contributed by atoms with E-state index in [9.17, 15) is 10.2 Å². The molecule has 0 aromatic rings. The molecule has 0 spiro atoms. The van der Waals surface area contributed by atoms with E-state index in [4.69, 9.17) is 0 Å². The van der Waals surface area contributed by atoms with Gasteiger partial charge in [0.2, 0.25) is 0 Å². The van der Waals surface area contributed by atoms with Crippen LogP contribution in [0.3, 0.4) is 0 Å². The van der Waals surface area contributed by atoms with Crippen LogP contribution in [0.4, 0.5) is 0 Å². The third-order valence-corrected chi connectivity index (χ3v) is 4.33. The fourth-order valence-corrected chi connectivity index (χ4v) is 3.54. The molecule has 2 rings (SSSR count). The van der Waals surface area contributed by atoms with E-state index in [2.05, 4.69) is 11.8 Å². The number of rotatable bonds is 3. The van der Waals surface area contributed by atoms with E-state index in [1.807, 2.05) is 0 Å². The van der Waals surface area contributed by atoms with Crippen molar-refractivity contribution in [3.63, 3.8) is 0 Å². The van der Waals surface area contributed by atoms with Crippen molar-refractivity contribution in [1.29, 1.82) is 0 Å². The average Bonchev–Trinajstić information content (AvgIpc) is 2.64. The summed E-state index contributed by atoms with van der Waals surface area (Å²) in [4.78, 5) is 2.33. The zero-order chi connectivity index (χ0) is 11.6. The maximum Gasteiger partial charge on any atom is 0.0679 e. The first-order valence-electron chi connectivity index (χ1n) is 6.65. The summed E-state index contributed by atoms with van der Waals surface area (Å²) in [6, 6.07) is 0. The minimum absolute atomic E-state index is 0.113. The van der Waals surface area contributed by atoms with Crippen molar-refractivity contribution >= 4 is 0 Å². The molecule has 0 amide bonds. The summed E-state index contributed by atoms with van der Waals surface area (Å²) in [6.45, 7) is 5.38. The fraction of sp³-hybridized carbons (Fsp3) is 1.00. The number of aliphatic hydroxyl groups is 2. The van der Waals surface area contributed by atoms with E-state index >= 15 is 0 Å². The van der Waals surface area contributed by atoms with Crippen LogP contribution >= 0.6 is 0 Å². The molecule has 3 atom stereocenters. The normalized spacial score (nSPS) is 41.4. The SMILES string of the molecule is CC1CCCC(CO)(CN2CCC(O)C2)C1. The van der Waals surface area contributed by atoms with Crippen molar-refractivity contribution < 1.29 is 10.2 Å². The van der Waals surface area contributed by atoms with Gasteiger partial charge in [-0.25, -0.2) is 0 Å². The van der Waals surface area contributed by atoms with Crippen LogP contribution < -0.4 is 0 Å². The summed E-state index contributed by atoms with van der Waals surface area (Å²) in [7, 11) is 0. The third-order valence-electron chi connectivity index (χ3n) is 4.33. The first-order chi connectivity index (χ1) is 7.63. The highest BCUT2D eigenvalue weighted by atomic mass is 16.3. The Morgan fingerprint density at radius 2 is 2.19 bits per heavy atom. The molecule has 0 radical (unpaired) electrons. The summed E-state index contributed by atoms with van der Waals surface area (Å²) in [5, 5.41) is 19.2. The summed E-state index contributed by atoms with van der Waals surface area (Å²) < 4.78 is 0. The average molecular weight is 227 g/mol. The van der Waals surface area contributed by atoms with Crippen molar-refractivity contribution in [3.05, 3.63) is 0 Å². The molecule has 16 heavy (non-hydrogen) atoms. The van der Waals surface area contributed by atoms with Crippen molar-refractivity contribution in [1.82, 2.24) is 4.90 Å². The molecule has 94 valence electrons. The number of β-amino-alcohol motifs (C(OH)–C–C–N with tert-alkyl or cyclic N) is 1. The zero-order valence-corrected chi connectivity index (χ0v) is 10.4. The highest BCUT2D eigenvalue weighted by Gasteiger charge is 2.37. The van der Waals surface area contributed by atoms with Gasteiger partial charge in [0.25, 0.3) is 0 Å². The van der Waals surface area contributed by atoms with Crippen LogP contribution in [0.1, 0.15) is 39.0 Å². The summed E-state index contributed by atoms with van der Waals surface area (Å²) >= 11 is 0. The molecule has 1 saturated carbocycles. The Labute approximate surface area is 98.5 Å². The lowest BCUT2D eigenvalue weighted by atomic mass is 9.70. The highest BCUT2D eigenvalue weighted by Crippen LogP contribution is 2.40. The lowest BCUT2D eigenvalue weighted by molar-refractivity contribution is 0.0270. The predicted molar refractivity (Wildman–Crippen MR) is 64.2 cm³/mol. The van der Waals surface area contributed by atoms with E-state index in [0.717, 1.165) is 44.8 Å². The Bertz CT molecular complexity index is 234. The third kappa shape index (κ3) is 2.76. The minimum Gasteiger partial charge on any atom is -0.396 e. The van der Waals surface area contributed by atoms with Crippen molar-refractivity contribution in [2.75, 3.05) is 26.2 Å². The molecule has 2 fully saturated rings. The first-order valence-corrected chi connectivity index (χ1v) is 6.65. The molecule has 3 nitrogen and oxygen atoms in total. The van der Waals surface area contributed by atoms with E-state index < -0.39 is 0 Å². The van der Waals surface area contributed by atoms with Crippen LogP contribution in [0, 0.1) is 11.3 Å². The second-order valence-electron chi connectivity index (χ2n) is 6.04. The van der Waals surface area contributed by atoms with Gasteiger partial charge in [-0.05, 0) is 25.2 Å². The van der Waals surface area contributed by atoms with Gasteiger partial charge in [0.1, 0.15) is 0 Å². The van der Waals surface area contributed by atoms with Crippen LogP contribution in [0.15, 0.2) is 0 Å². The number of hydrogen-bond acceptors (Lipinski definition) is 3. The zero-order valence-electron chi connectivity index (χ0n) is 10.4. The van der Waals surface area contributed by atoms with E-state index in [-0.39, 0.29) is 11.5 Å². The maximum atomic E-state index is 9.70. The summed E-state index contributed by atoms with van der Waals surface area (Å²) in [5.74, 6) is 0.744. The molecule has 3 unspecified atom stereocenters. The molecule has 3 heteroatoms. The Morgan fingerprint density at radius 1 is 1.38 bits per heavy atom. The van der Waals surface area contributed by atoms with Gasteiger partial charge in [-0.15, -0.1) is 0 Å². The molecular weight excluding hydrogens is 202 g/mol. The van der Waals surface area contributed by atoms with Gasteiger partial charge in [0.05, 0.1) is 6.10 Å². The number of likely N-dealkylation sites (tertiary alicyclic amines) is 1. The number of aliphatic hydroxyl groups excluding tert-OH is 2. The number of hydrogen-bond donors (Lipinski definition) is 2. The quantitative estimate of drug-likeness (QED) is 0.762. The van der Waals surface area contributed by atoms with Crippen LogP contribution in [0.25, 0.3) is 0 Å². The van der Waals surface area contributed by atoms with Crippen LogP contribution in [0.5, 0.6) is 0 Å². The molecule has 0 bridgehead atoms. The standard InChI is InChI=1S/C13H25NO2/c1-11-3-2-5-13(7-11,10-15)9-14-6-4-12(16)8-14/h11-12,15-16H,2-10H2,1H3. The summed E-state index contributed by atoms with van der Waals surface area (Å²) in [5.41, 5.74) is 0.113. The van der Waals surface area contributed by atoms with Gasteiger partial charge >= 0.3 is 0 Å². The van der Waals surface area contributed by atoms with E-state index in [1.165, 1.54) is 12.8 Å². The summed E-state index contributed by atoms with van der Waals surface area (Å²) in [6.07, 6.45) is 5.62. The van der Waals surface area contributed by atoms with Crippen molar-refractivity contribution in [3.8, 4) is 0 Å². The second-order valence-corrected chi connectivity index (χ2v) is 6.04. The van der Waals surface area contributed by atoms with Gasteiger partial charge in [-0.1, -0.05) is 19.8 Å². The molecule has 1 heterocycles. The highest BCUT2D eigenvalue weighted by molar-refractivity contribution is 4.89. The predicted octanol–water partition coefficient (Wildman–Crippen LogP) is 1.24. The lowest BCUT2D eigenvalue weighted by Crippen LogP contribution is -2.42. The van der Waals surface area contributed by atoms with Crippen LogP contribution in [0.2, 0.25) is 0 Å². The van der Waals surface area contributed by atoms with Crippen molar-refractivity contribution in [2.24, 2.45) is 11.3 Å². The first kappa shape index (κ1) is 12.3. The molecule has 2 aliphatic rings. The lowest BCUT2D eigenvalue weighted by Gasteiger charge is -2.41. The molecular formula is C13H25NO2.